The molecule has 0 saturated heterocycles. The molecule has 4 nitrogen and oxygen atoms in total. The van der Waals surface area contributed by atoms with Gasteiger partial charge in [-0.05, 0) is 23.8 Å². The summed E-state index contributed by atoms with van der Waals surface area (Å²) < 4.78 is 27.4. The second-order valence-electron chi connectivity index (χ2n) is 4.30. The van der Waals surface area contributed by atoms with Crippen molar-refractivity contribution < 1.29 is 13.9 Å². The number of aryl methyl sites for hydroxylation is 1. The first-order valence-electron chi connectivity index (χ1n) is 5.88. The first kappa shape index (κ1) is 13.6. The number of aliphatic hydroxyl groups excluding tert-OH is 1. The van der Waals surface area contributed by atoms with E-state index in [1.165, 1.54) is 6.07 Å². The summed E-state index contributed by atoms with van der Waals surface area (Å²) in [6, 6.07) is 5.23. The Bertz CT molecular complexity index is 557. The van der Waals surface area contributed by atoms with Crippen molar-refractivity contribution in [1.82, 2.24) is 15.1 Å². The highest BCUT2D eigenvalue weighted by Crippen LogP contribution is 2.15. The molecule has 0 aliphatic heterocycles. The third-order valence-corrected chi connectivity index (χ3v) is 2.74. The van der Waals surface area contributed by atoms with Gasteiger partial charge in [-0.2, -0.15) is 5.10 Å². The molecule has 2 N–H and O–H groups in total. The predicted octanol–water partition coefficient (Wildman–Crippen LogP) is 1.52. The van der Waals surface area contributed by atoms with E-state index < -0.39 is 17.7 Å². The zero-order valence-electron chi connectivity index (χ0n) is 10.5. The van der Waals surface area contributed by atoms with Crippen molar-refractivity contribution >= 4 is 0 Å². The number of rotatable bonds is 5. The number of hydrogen-bond acceptors (Lipinski definition) is 3. The number of hydrogen-bond donors (Lipinski definition) is 2. The molecule has 102 valence electrons. The molecule has 0 amide bonds. The summed E-state index contributed by atoms with van der Waals surface area (Å²) in [6.45, 7) is 0.739. The number of benzene rings is 1. The molecular weight excluding hydrogens is 252 g/mol. The Balaban J connectivity index is 1.86. The highest BCUT2D eigenvalue weighted by Gasteiger charge is 2.10. The van der Waals surface area contributed by atoms with E-state index in [2.05, 4.69) is 10.4 Å². The van der Waals surface area contributed by atoms with E-state index in [1.807, 2.05) is 19.3 Å². The van der Waals surface area contributed by atoms with Gasteiger partial charge < -0.3 is 10.4 Å². The second kappa shape index (κ2) is 5.90. The van der Waals surface area contributed by atoms with Crippen molar-refractivity contribution in [2.45, 2.75) is 12.6 Å². The van der Waals surface area contributed by atoms with Gasteiger partial charge >= 0.3 is 0 Å². The molecule has 0 fully saturated rings. The summed E-state index contributed by atoms with van der Waals surface area (Å²) in [7, 11) is 1.82. The van der Waals surface area contributed by atoms with Gasteiger partial charge in [0.15, 0.2) is 11.6 Å². The smallest absolute Gasteiger partial charge is 0.159 e. The van der Waals surface area contributed by atoms with Crippen molar-refractivity contribution in [2.24, 2.45) is 7.05 Å². The van der Waals surface area contributed by atoms with Crippen LogP contribution in [0, 0.1) is 11.6 Å². The molecule has 1 aromatic heterocycles. The van der Waals surface area contributed by atoms with Crippen molar-refractivity contribution in [3.05, 3.63) is 53.4 Å². The number of aliphatic hydroxyl groups is 1. The highest BCUT2D eigenvalue weighted by molar-refractivity contribution is 5.20. The Morgan fingerprint density at radius 2 is 2.11 bits per heavy atom. The van der Waals surface area contributed by atoms with Crippen LogP contribution in [0.2, 0.25) is 0 Å². The van der Waals surface area contributed by atoms with Crippen LogP contribution in [0.1, 0.15) is 17.4 Å². The number of aromatic nitrogens is 2. The molecule has 0 aliphatic carbocycles. The van der Waals surface area contributed by atoms with Gasteiger partial charge in [-0.3, -0.25) is 4.68 Å². The summed E-state index contributed by atoms with van der Waals surface area (Å²) in [5.41, 5.74) is 1.19. The Hall–Kier alpha value is -1.79. The fourth-order valence-corrected chi connectivity index (χ4v) is 1.73. The van der Waals surface area contributed by atoms with Gasteiger partial charge in [0.1, 0.15) is 0 Å². The van der Waals surface area contributed by atoms with Gasteiger partial charge in [0, 0.05) is 26.3 Å². The quantitative estimate of drug-likeness (QED) is 0.863. The fraction of sp³-hybridized carbons (Fsp3) is 0.308. The molecule has 0 saturated carbocycles. The van der Waals surface area contributed by atoms with Crippen LogP contribution >= 0.6 is 0 Å². The van der Waals surface area contributed by atoms with Crippen LogP contribution in [0.5, 0.6) is 0 Å². The largest absolute Gasteiger partial charge is 0.387 e. The Morgan fingerprint density at radius 1 is 1.32 bits per heavy atom. The topological polar surface area (TPSA) is 50.1 Å². The van der Waals surface area contributed by atoms with Crippen molar-refractivity contribution in [3.8, 4) is 0 Å². The first-order valence-corrected chi connectivity index (χ1v) is 5.88. The maximum absolute atomic E-state index is 13.0. The summed E-state index contributed by atoms with van der Waals surface area (Å²) in [6.07, 6.45) is 0.932. The lowest BCUT2D eigenvalue weighted by atomic mass is 10.1. The normalized spacial score (nSPS) is 12.6. The third-order valence-electron chi connectivity index (χ3n) is 2.74. The summed E-state index contributed by atoms with van der Waals surface area (Å²) in [5.74, 6) is -1.88. The van der Waals surface area contributed by atoms with Crippen molar-refractivity contribution in [3.63, 3.8) is 0 Å². The van der Waals surface area contributed by atoms with Crippen molar-refractivity contribution in [1.29, 1.82) is 0 Å². The maximum atomic E-state index is 13.0. The van der Waals surface area contributed by atoms with Gasteiger partial charge in [-0.1, -0.05) is 6.07 Å². The molecule has 1 heterocycles. The molecular formula is C13H15F2N3O. The minimum atomic E-state index is -0.957. The van der Waals surface area contributed by atoms with E-state index in [4.69, 9.17) is 0 Å². The zero-order valence-corrected chi connectivity index (χ0v) is 10.5. The molecule has 19 heavy (non-hydrogen) atoms. The van der Waals surface area contributed by atoms with Gasteiger partial charge in [-0.25, -0.2) is 8.78 Å². The lowest BCUT2D eigenvalue weighted by Gasteiger charge is -2.11. The second-order valence-corrected chi connectivity index (χ2v) is 4.30. The van der Waals surface area contributed by atoms with Crippen LogP contribution in [0.15, 0.2) is 30.5 Å². The average Bonchev–Trinajstić information content (AvgIpc) is 2.78. The number of nitrogens with one attached hydrogen (secondary N) is 1. The molecule has 0 radical (unpaired) electrons. The van der Waals surface area contributed by atoms with E-state index in [0.717, 1.165) is 17.8 Å². The van der Waals surface area contributed by atoms with Gasteiger partial charge in [0.2, 0.25) is 0 Å². The molecule has 6 heteroatoms. The van der Waals surface area contributed by atoms with E-state index in [0.29, 0.717) is 12.1 Å². The van der Waals surface area contributed by atoms with Crippen LogP contribution in [0.4, 0.5) is 8.78 Å². The van der Waals surface area contributed by atoms with E-state index in [9.17, 15) is 13.9 Å². The van der Waals surface area contributed by atoms with Crippen LogP contribution < -0.4 is 5.32 Å². The standard InChI is InChI=1S/C13H15F2N3O/c1-18-5-4-10(17-18)7-16-8-13(19)9-2-3-11(14)12(15)6-9/h2-6,13,16,19H,7-8H2,1H3. The van der Waals surface area contributed by atoms with Crippen LogP contribution in [-0.4, -0.2) is 21.4 Å². The molecule has 1 atom stereocenters. The van der Waals surface area contributed by atoms with Crippen LogP contribution in [-0.2, 0) is 13.6 Å². The van der Waals surface area contributed by atoms with E-state index >= 15 is 0 Å². The summed E-state index contributed by atoms with van der Waals surface area (Å²) in [5, 5.41) is 17.0. The molecule has 2 aromatic rings. The van der Waals surface area contributed by atoms with Gasteiger partial charge in [0.25, 0.3) is 0 Å². The summed E-state index contributed by atoms with van der Waals surface area (Å²) >= 11 is 0. The minimum Gasteiger partial charge on any atom is -0.387 e. The average molecular weight is 267 g/mol. The van der Waals surface area contributed by atoms with Gasteiger partial charge in [0.05, 0.1) is 11.8 Å². The first-order chi connectivity index (χ1) is 9.06. The van der Waals surface area contributed by atoms with Gasteiger partial charge in [-0.15, -0.1) is 0 Å². The van der Waals surface area contributed by atoms with Crippen molar-refractivity contribution in [2.75, 3.05) is 6.54 Å². The number of nitrogens with zero attached hydrogens (tertiary/aromatic N) is 2. The molecule has 0 bridgehead atoms. The molecule has 0 aliphatic rings. The lowest BCUT2D eigenvalue weighted by molar-refractivity contribution is 0.173. The molecule has 2 rings (SSSR count). The molecule has 0 spiro atoms. The van der Waals surface area contributed by atoms with E-state index in [-0.39, 0.29) is 6.54 Å². The highest BCUT2D eigenvalue weighted by atomic mass is 19.2. The Kier molecular flexibility index (Phi) is 4.24. The maximum Gasteiger partial charge on any atom is 0.159 e. The van der Waals surface area contributed by atoms with E-state index in [1.54, 1.807) is 4.68 Å². The zero-order chi connectivity index (χ0) is 13.8. The third kappa shape index (κ3) is 3.59. The Morgan fingerprint density at radius 3 is 2.74 bits per heavy atom. The van der Waals surface area contributed by atoms with Crippen LogP contribution in [0.25, 0.3) is 0 Å². The van der Waals surface area contributed by atoms with Crippen LogP contribution in [0.3, 0.4) is 0 Å². The Labute approximate surface area is 109 Å². The fourth-order valence-electron chi connectivity index (χ4n) is 1.73. The summed E-state index contributed by atoms with van der Waals surface area (Å²) in [4.78, 5) is 0. The lowest BCUT2D eigenvalue weighted by Crippen LogP contribution is -2.21. The number of halogens is 2. The monoisotopic (exact) mass is 267 g/mol. The predicted molar refractivity (Wildman–Crippen MR) is 66.2 cm³/mol. The molecule has 1 aromatic carbocycles. The minimum absolute atomic E-state index is 0.238. The molecule has 1 unspecified atom stereocenters. The SMILES string of the molecule is Cn1ccc(CNCC(O)c2ccc(F)c(F)c2)n1.